The van der Waals surface area contributed by atoms with Gasteiger partial charge in [0, 0.05) is 51.3 Å². The molecule has 178 valence electrons. The van der Waals surface area contributed by atoms with Gasteiger partial charge in [-0.15, -0.1) is 24.0 Å². The Balaban J connectivity index is 0.00000306. The highest BCUT2D eigenvalue weighted by Gasteiger charge is 2.26. The lowest BCUT2D eigenvalue weighted by Crippen LogP contribution is -2.47. The molecule has 0 radical (unpaired) electrons. The monoisotopic (exact) mass is 567 g/mol. The number of nitrogens with one attached hydrogen (secondary N) is 3. The first kappa shape index (κ1) is 25.4. The third kappa shape index (κ3) is 6.64. The minimum atomic E-state index is -0.238. The highest BCUT2D eigenvalue weighted by molar-refractivity contribution is 14.0. The van der Waals surface area contributed by atoms with E-state index in [4.69, 9.17) is 4.74 Å². The third-order valence-electron chi connectivity index (χ3n) is 6.03. The van der Waals surface area contributed by atoms with Crippen molar-refractivity contribution in [2.24, 2.45) is 4.99 Å². The molecule has 0 spiro atoms. The van der Waals surface area contributed by atoms with Crippen LogP contribution in [0.5, 0.6) is 0 Å². The lowest BCUT2D eigenvalue weighted by atomic mass is 9.90. The Labute approximate surface area is 211 Å². The molecule has 0 saturated carbocycles. The van der Waals surface area contributed by atoms with Gasteiger partial charge in [-0.2, -0.15) is 0 Å². The molecule has 2 heterocycles. The number of guanidine groups is 1. The Kier molecular flexibility index (Phi) is 9.45. The zero-order chi connectivity index (χ0) is 22.3. The maximum atomic E-state index is 13.9. The van der Waals surface area contributed by atoms with Gasteiger partial charge < -0.3 is 20.7 Å². The number of aliphatic imine (C=N–C) groups is 1. The first-order chi connectivity index (χ1) is 15.6. The molecule has 0 bridgehead atoms. The summed E-state index contributed by atoms with van der Waals surface area (Å²) in [5.41, 5.74) is 2.92. The summed E-state index contributed by atoms with van der Waals surface area (Å²) in [6.45, 7) is 4.09. The van der Waals surface area contributed by atoms with Crippen molar-refractivity contribution < 1.29 is 13.9 Å². The summed E-state index contributed by atoms with van der Waals surface area (Å²) in [4.78, 5) is 18.8. The number of rotatable bonds is 6. The molecule has 2 aromatic carbocycles. The van der Waals surface area contributed by atoms with Gasteiger partial charge in [0.2, 0.25) is 5.91 Å². The minimum Gasteiger partial charge on any atom is -0.379 e. The van der Waals surface area contributed by atoms with E-state index in [1.54, 1.807) is 19.2 Å². The van der Waals surface area contributed by atoms with Crippen molar-refractivity contribution in [1.82, 2.24) is 15.5 Å². The highest BCUT2D eigenvalue weighted by Crippen LogP contribution is 2.31. The summed E-state index contributed by atoms with van der Waals surface area (Å²) in [6, 6.07) is 14.6. The molecule has 2 aliphatic rings. The van der Waals surface area contributed by atoms with Crippen LogP contribution in [-0.4, -0.2) is 63.2 Å². The fourth-order valence-corrected chi connectivity index (χ4v) is 4.38. The standard InChI is InChI=1S/C24H30FN5O2.HI/c1-26-24(27-15-18-14-23(31)29-21-8-3-2-7-20(18)21)28-16-22(30-9-11-32-12-10-30)17-5-4-6-19(25)13-17;/h2-8,13,18,22H,9-12,14-16H2,1H3,(H,29,31)(H2,26,27,28);1H. The highest BCUT2D eigenvalue weighted by atomic mass is 127. The average Bonchev–Trinajstić information content (AvgIpc) is 2.81. The van der Waals surface area contributed by atoms with Gasteiger partial charge in [0.1, 0.15) is 5.82 Å². The fourth-order valence-electron chi connectivity index (χ4n) is 4.38. The molecule has 2 unspecified atom stereocenters. The van der Waals surface area contributed by atoms with Crippen LogP contribution < -0.4 is 16.0 Å². The number of carbonyl (C=O) groups is 1. The van der Waals surface area contributed by atoms with E-state index >= 15 is 0 Å². The second kappa shape index (κ2) is 12.3. The molecule has 7 nitrogen and oxygen atoms in total. The summed E-state index contributed by atoms with van der Waals surface area (Å²) in [7, 11) is 1.72. The first-order valence-electron chi connectivity index (χ1n) is 11.0. The number of morpholine rings is 1. The van der Waals surface area contributed by atoms with E-state index in [1.165, 1.54) is 6.07 Å². The van der Waals surface area contributed by atoms with E-state index in [0.717, 1.165) is 29.9 Å². The molecule has 9 heteroatoms. The molecule has 0 aromatic heterocycles. The van der Waals surface area contributed by atoms with Crippen LogP contribution in [0, 0.1) is 5.82 Å². The van der Waals surface area contributed by atoms with Crippen molar-refractivity contribution in [3.63, 3.8) is 0 Å². The first-order valence-corrected chi connectivity index (χ1v) is 11.0. The number of carbonyl (C=O) groups excluding carboxylic acids is 1. The zero-order valence-electron chi connectivity index (χ0n) is 18.7. The summed E-state index contributed by atoms with van der Waals surface area (Å²) < 4.78 is 19.4. The summed E-state index contributed by atoms with van der Waals surface area (Å²) in [5, 5.41) is 9.69. The fraction of sp³-hybridized carbons (Fsp3) is 0.417. The van der Waals surface area contributed by atoms with Gasteiger partial charge in [-0.25, -0.2) is 4.39 Å². The van der Waals surface area contributed by atoms with Crippen molar-refractivity contribution in [2.45, 2.75) is 18.4 Å². The normalized spacial score (nSPS) is 19.6. The Morgan fingerprint density at radius 3 is 2.76 bits per heavy atom. The molecule has 1 fully saturated rings. The largest absolute Gasteiger partial charge is 0.379 e. The average molecular weight is 567 g/mol. The van der Waals surface area contributed by atoms with Gasteiger partial charge in [0.05, 0.1) is 19.3 Å². The predicted octanol–water partition coefficient (Wildman–Crippen LogP) is 3.11. The Morgan fingerprint density at radius 1 is 1.21 bits per heavy atom. The quantitative estimate of drug-likeness (QED) is 0.284. The van der Waals surface area contributed by atoms with Gasteiger partial charge in [0.15, 0.2) is 5.96 Å². The van der Waals surface area contributed by atoms with E-state index < -0.39 is 0 Å². The van der Waals surface area contributed by atoms with Crippen molar-refractivity contribution in [3.8, 4) is 0 Å². The Hall–Kier alpha value is -2.24. The van der Waals surface area contributed by atoms with Crippen LogP contribution in [0.25, 0.3) is 0 Å². The lowest BCUT2D eigenvalue weighted by molar-refractivity contribution is -0.116. The molecule has 3 N–H and O–H groups in total. The van der Waals surface area contributed by atoms with Gasteiger partial charge in [-0.1, -0.05) is 30.3 Å². The molecule has 4 rings (SSSR count). The number of hydrogen-bond donors (Lipinski definition) is 3. The number of halogens is 2. The topological polar surface area (TPSA) is 78.0 Å². The van der Waals surface area contributed by atoms with Crippen LogP contribution in [0.4, 0.5) is 10.1 Å². The number of para-hydroxylation sites is 1. The van der Waals surface area contributed by atoms with Crippen LogP contribution >= 0.6 is 24.0 Å². The smallest absolute Gasteiger partial charge is 0.225 e. The van der Waals surface area contributed by atoms with Crippen LogP contribution in [0.3, 0.4) is 0 Å². The van der Waals surface area contributed by atoms with E-state index in [-0.39, 0.29) is 47.7 Å². The number of ether oxygens (including phenoxy) is 1. The van der Waals surface area contributed by atoms with Crippen molar-refractivity contribution in [1.29, 1.82) is 0 Å². The molecule has 2 aromatic rings. The number of fused-ring (bicyclic) bond motifs is 1. The maximum Gasteiger partial charge on any atom is 0.225 e. The lowest BCUT2D eigenvalue weighted by Gasteiger charge is -2.35. The molecule has 0 aliphatic carbocycles. The SMILES string of the molecule is CN=C(NCC1CC(=O)Nc2ccccc21)NCC(c1cccc(F)c1)N1CCOCC1.I. The molecule has 1 amide bonds. The van der Waals surface area contributed by atoms with E-state index in [9.17, 15) is 9.18 Å². The van der Waals surface area contributed by atoms with E-state index in [0.29, 0.717) is 38.7 Å². The number of hydrogen-bond acceptors (Lipinski definition) is 4. The number of benzene rings is 2. The third-order valence-corrected chi connectivity index (χ3v) is 6.03. The van der Waals surface area contributed by atoms with Gasteiger partial charge in [-0.05, 0) is 29.3 Å². The molecule has 2 atom stereocenters. The van der Waals surface area contributed by atoms with Crippen LogP contribution in [0.15, 0.2) is 53.5 Å². The number of amides is 1. The molecular weight excluding hydrogens is 536 g/mol. The van der Waals surface area contributed by atoms with Crippen molar-refractivity contribution >= 4 is 41.5 Å². The second-order valence-electron chi connectivity index (χ2n) is 8.09. The Bertz CT molecular complexity index is 967. The zero-order valence-corrected chi connectivity index (χ0v) is 21.1. The summed E-state index contributed by atoms with van der Waals surface area (Å²) in [5.74, 6) is 0.509. The van der Waals surface area contributed by atoms with E-state index in [2.05, 4.69) is 31.9 Å². The van der Waals surface area contributed by atoms with Crippen LogP contribution in [0.2, 0.25) is 0 Å². The van der Waals surface area contributed by atoms with Gasteiger partial charge in [-0.3, -0.25) is 14.7 Å². The number of anilines is 1. The van der Waals surface area contributed by atoms with Crippen LogP contribution in [0.1, 0.15) is 29.5 Å². The van der Waals surface area contributed by atoms with Gasteiger partial charge in [0.25, 0.3) is 0 Å². The molecule has 2 aliphatic heterocycles. The summed E-state index contributed by atoms with van der Waals surface area (Å²) in [6.07, 6.45) is 0.431. The minimum absolute atomic E-state index is 0. The molecule has 1 saturated heterocycles. The van der Waals surface area contributed by atoms with Gasteiger partial charge >= 0.3 is 0 Å². The van der Waals surface area contributed by atoms with Crippen LogP contribution in [-0.2, 0) is 9.53 Å². The van der Waals surface area contributed by atoms with E-state index in [1.807, 2.05) is 24.3 Å². The Morgan fingerprint density at radius 2 is 2.00 bits per heavy atom. The maximum absolute atomic E-state index is 13.9. The number of nitrogens with zero attached hydrogens (tertiary/aromatic N) is 2. The predicted molar refractivity (Wildman–Crippen MR) is 139 cm³/mol. The van der Waals surface area contributed by atoms with Crippen molar-refractivity contribution in [2.75, 3.05) is 51.8 Å². The second-order valence-corrected chi connectivity index (χ2v) is 8.09. The molecular formula is C24H31FIN5O2. The van der Waals surface area contributed by atoms with Crippen molar-refractivity contribution in [3.05, 3.63) is 65.5 Å². The molecule has 33 heavy (non-hydrogen) atoms. The summed E-state index contributed by atoms with van der Waals surface area (Å²) >= 11 is 0.